The second kappa shape index (κ2) is 11.7. The van der Waals surface area contributed by atoms with Crippen LogP contribution in [0.4, 0.5) is 0 Å². The first-order valence-electron chi connectivity index (χ1n) is 9.04. The molecule has 0 radical (unpaired) electrons. The zero-order valence-corrected chi connectivity index (χ0v) is 17.4. The summed E-state index contributed by atoms with van der Waals surface area (Å²) in [6.07, 6.45) is 10.4. The van der Waals surface area contributed by atoms with Crippen molar-refractivity contribution in [2.24, 2.45) is 10.9 Å². The minimum absolute atomic E-state index is 0. The number of halogens is 1. The van der Waals surface area contributed by atoms with Crippen molar-refractivity contribution >= 4 is 35.9 Å². The lowest BCUT2D eigenvalue weighted by atomic mass is 9.97. The van der Waals surface area contributed by atoms with Crippen LogP contribution in [0.1, 0.15) is 51.9 Å². The highest BCUT2D eigenvalue weighted by Gasteiger charge is 2.27. The molecule has 2 aliphatic rings. The van der Waals surface area contributed by atoms with Gasteiger partial charge in [-0.3, -0.25) is 9.79 Å². The summed E-state index contributed by atoms with van der Waals surface area (Å²) in [5.41, 5.74) is 1.58. The van der Waals surface area contributed by atoms with E-state index in [1.807, 2.05) is 14.0 Å². The maximum absolute atomic E-state index is 11.8. The fourth-order valence-electron chi connectivity index (χ4n) is 3.39. The molecule has 6 heteroatoms. The number of rotatable bonds is 5. The van der Waals surface area contributed by atoms with Crippen LogP contribution in [0.5, 0.6) is 0 Å². The summed E-state index contributed by atoms with van der Waals surface area (Å²) in [7, 11) is 1.83. The third-order valence-electron chi connectivity index (χ3n) is 4.74. The predicted molar refractivity (Wildman–Crippen MR) is 109 cm³/mol. The Balaban J connectivity index is 0.00000288. The second-order valence-electron chi connectivity index (χ2n) is 6.35. The number of nitrogens with one attached hydrogen (secondary N) is 1. The van der Waals surface area contributed by atoms with Crippen molar-refractivity contribution in [3.05, 3.63) is 11.6 Å². The minimum atomic E-state index is -0.0423. The Labute approximate surface area is 163 Å². The van der Waals surface area contributed by atoms with Crippen molar-refractivity contribution in [3.63, 3.8) is 0 Å². The lowest BCUT2D eigenvalue weighted by Crippen LogP contribution is -2.47. The average Bonchev–Trinajstić information content (AvgIpc) is 2.60. The van der Waals surface area contributed by atoms with E-state index < -0.39 is 0 Å². The molecule has 0 aromatic carbocycles. The monoisotopic (exact) mass is 449 g/mol. The fraction of sp³-hybridized carbons (Fsp3) is 0.778. The molecule has 0 aromatic heterocycles. The standard InChI is InChI=1S/C18H31N3O2.HI/c1-3-23-17(22)16-10-13-21(14-11-16)18(19-2)20-12-9-15-7-5-4-6-8-15;/h7,16H,3-6,8-14H2,1-2H3,(H,19,20);1H. The molecule has 2 rings (SSSR count). The minimum Gasteiger partial charge on any atom is -0.466 e. The van der Waals surface area contributed by atoms with E-state index in [4.69, 9.17) is 4.74 Å². The number of guanidine groups is 1. The Morgan fingerprint density at radius 1 is 1.38 bits per heavy atom. The van der Waals surface area contributed by atoms with Gasteiger partial charge in [-0.05, 0) is 51.9 Å². The Morgan fingerprint density at radius 2 is 2.12 bits per heavy atom. The van der Waals surface area contributed by atoms with Crippen LogP contribution < -0.4 is 5.32 Å². The van der Waals surface area contributed by atoms with Crippen molar-refractivity contribution in [2.45, 2.75) is 51.9 Å². The van der Waals surface area contributed by atoms with Crippen molar-refractivity contribution in [3.8, 4) is 0 Å². The summed E-state index contributed by atoms with van der Waals surface area (Å²) in [4.78, 5) is 18.4. The van der Waals surface area contributed by atoms with Gasteiger partial charge >= 0.3 is 5.97 Å². The van der Waals surface area contributed by atoms with Crippen LogP contribution in [0.3, 0.4) is 0 Å². The van der Waals surface area contributed by atoms with Crippen LogP contribution in [0.25, 0.3) is 0 Å². The molecule has 1 aliphatic heterocycles. The van der Waals surface area contributed by atoms with Gasteiger partial charge < -0.3 is 15.0 Å². The van der Waals surface area contributed by atoms with Gasteiger partial charge in [-0.2, -0.15) is 0 Å². The molecule has 1 heterocycles. The summed E-state index contributed by atoms with van der Waals surface area (Å²) in [6, 6.07) is 0. The zero-order valence-electron chi connectivity index (χ0n) is 15.1. The highest BCUT2D eigenvalue weighted by molar-refractivity contribution is 14.0. The van der Waals surface area contributed by atoms with Gasteiger partial charge in [0, 0.05) is 26.7 Å². The first kappa shape index (κ1) is 21.3. The molecule has 24 heavy (non-hydrogen) atoms. The number of piperidine rings is 1. The van der Waals surface area contributed by atoms with Gasteiger partial charge in [0.05, 0.1) is 12.5 Å². The van der Waals surface area contributed by atoms with Crippen molar-refractivity contribution < 1.29 is 9.53 Å². The smallest absolute Gasteiger partial charge is 0.309 e. The highest BCUT2D eigenvalue weighted by atomic mass is 127. The number of carbonyl (C=O) groups excluding carboxylic acids is 1. The number of carbonyl (C=O) groups is 1. The molecule has 1 saturated heterocycles. The zero-order chi connectivity index (χ0) is 16.5. The Morgan fingerprint density at radius 3 is 2.71 bits per heavy atom. The summed E-state index contributed by atoms with van der Waals surface area (Å²) >= 11 is 0. The van der Waals surface area contributed by atoms with Gasteiger partial charge in [0.2, 0.25) is 0 Å². The molecular formula is C18H32IN3O2. The van der Waals surface area contributed by atoms with E-state index in [2.05, 4.69) is 21.3 Å². The molecule has 5 nitrogen and oxygen atoms in total. The topological polar surface area (TPSA) is 53.9 Å². The summed E-state index contributed by atoms with van der Waals surface area (Å²) in [6.45, 7) is 5.01. The average molecular weight is 449 g/mol. The number of nitrogens with zero attached hydrogens (tertiary/aromatic N) is 2. The number of aliphatic imine (C=N–C) groups is 1. The second-order valence-corrected chi connectivity index (χ2v) is 6.35. The van der Waals surface area contributed by atoms with E-state index >= 15 is 0 Å². The van der Waals surface area contributed by atoms with Crippen molar-refractivity contribution in [2.75, 3.05) is 33.3 Å². The van der Waals surface area contributed by atoms with Crippen molar-refractivity contribution in [1.82, 2.24) is 10.2 Å². The van der Waals surface area contributed by atoms with Gasteiger partial charge in [0.25, 0.3) is 0 Å². The molecule has 0 unspecified atom stereocenters. The maximum atomic E-state index is 11.8. The highest BCUT2D eigenvalue weighted by Crippen LogP contribution is 2.20. The normalized spacial score (nSPS) is 19.3. The number of likely N-dealkylation sites (tertiary alicyclic amines) is 1. The molecule has 0 atom stereocenters. The maximum Gasteiger partial charge on any atom is 0.309 e. The summed E-state index contributed by atoms with van der Waals surface area (Å²) in [5.74, 6) is 0.972. The van der Waals surface area contributed by atoms with E-state index in [9.17, 15) is 4.79 Å². The van der Waals surface area contributed by atoms with Gasteiger partial charge in [0.1, 0.15) is 0 Å². The summed E-state index contributed by atoms with van der Waals surface area (Å²) < 4.78 is 5.13. The van der Waals surface area contributed by atoms with E-state index in [1.54, 1.807) is 5.57 Å². The van der Waals surface area contributed by atoms with Crippen molar-refractivity contribution in [1.29, 1.82) is 0 Å². The first-order valence-corrected chi connectivity index (χ1v) is 9.04. The molecule has 1 aliphatic carbocycles. The van der Waals surface area contributed by atoms with Gasteiger partial charge in [0.15, 0.2) is 5.96 Å². The van der Waals surface area contributed by atoms with E-state index in [0.29, 0.717) is 6.61 Å². The Bertz CT molecular complexity index is 444. The molecule has 0 aromatic rings. The molecule has 1 N–H and O–H groups in total. The van der Waals surface area contributed by atoms with Crippen LogP contribution in [0, 0.1) is 5.92 Å². The molecule has 0 bridgehead atoms. The number of allylic oxidation sites excluding steroid dienone is 1. The number of esters is 1. The van der Waals surface area contributed by atoms with E-state index in [-0.39, 0.29) is 35.9 Å². The summed E-state index contributed by atoms with van der Waals surface area (Å²) in [5, 5.41) is 3.47. The van der Waals surface area contributed by atoms with Crippen LogP contribution in [0.2, 0.25) is 0 Å². The lowest BCUT2D eigenvalue weighted by Gasteiger charge is -2.33. The van der Waals surface area contributed by atoms with Gasteiger partial charge in [-0.25, -0.2) is 0 Å². The van der Waals surface area contributed by atoms with Crippen LogP contribution in [0.15, 0.2) is 16.6 Å². The SMILES string of the molecule is CCOC(=O)C1CCN(C(=NC)NCCC2=CCCCC2)CC1.I. The van der Waals surface area contributed by atoms with Crippen LogP contribution in [-0.4, -0.2) is 50.1 Å². The predicted octanol–water partition coefficient (Wildman–Crippen LogP) is 3.35. The molecular weight excluding hydrogens is 417 g/mol. The van der Waals surface area contributed by atoms with E-state index in [1.165, 1.54) is 25.7 Å². The number of ether oxygens (including phenoxy) is 1. The molecule has 0 spiro atoms. The van der Waals surface area contributed by atoms with Crippen LogP contribution >= 0.6 is 24.0 Å². The number of hydrogen-bond acceptors (Lipinski definition) is 3. The molecule has 1 fully saturated rings. The van der Waals surface area contributed by atoms with Gasteiger partial charge in [-0.15, -0.1) is 24.0 Å². The Kier molecular flexibility index (Phi) is 10.4. The fourth-order valence-corrected chi connectivity index (χ4v) is 3.39. The molecule has 0 saturated carbocycles. The van der Waals surface area contributed by atoms with Crippen LogP contribution in [-0.2, 0) is 9.53 Å². The quantitative estimate of drug-likeness (QED) is 0.230. The number of hydrogen-bond donors (Lipinski definition) is 1. The first-order chi connectivity index (χ1) is 11.2. The van der Waals surface area contributed by atoms with Gasteiger partial charge in [-0.1, -0.05) is 11.6 Å². The lowest BCUT2D eigenvalue weighted by molar-refractivity contribution is -0.149. The molecule has 138 valence electrons. The third kappa shape index (κ3) is 6.61. The molecule has 0 amide bonds. The third-order valence-corrected chi connectivity index (χ3v) is 4.74. The Hall–Kier alpha value is -0.790. The van der Waals surface area contributed by atoms with E-state index in [0.717, 1.165) is 44.9 Å². The largest absolute Gasteiger partial charge is 0.466 e.